The van der Waals surface area contributed by atoms with Gasteiger partial charge in [0.1, 0.15) is 25.0 Å². The molecule has 2 aromatic carbocycles. The molecule has 0 bridgehead atoms. The first-order valence-electron chi connectivity index (χ1n) is 16.2. The average molecular weight is 553 g/mol. The molecule has 0 saturated carbocycles. The van der Waals surface area contributed by atoms with Crippen LogP contribution in [0.15, 0.2) is 54.6 Å². The van der Waals surface area contributed by atoms with Crippen LogP contribution in [0.4, 0.5) is 0 Å². The van der Waals surface area contributed by atoms with Crippen molar-refractivity contribution < 1.29 is 18.8 Å². The minimum absolute atomic E-state index is 0.143. The predicted molar refractivity (Wildman–Crippen MR) is 169 cm³/mol. The lowest BCUT2D eigenvalue weighted by Gasteiger charge is -2.36. The molecule has 0 spiro atoms. The molecule has 224 valence electrons. The Kier molecular flexibility index (Phi) is 16.7. The number of carbonyl (C=O) groups is 1. The molecular formula is C36H58NO3+. The first kappa shape index (κ1) is 33.9. The molecular weight excluding hydrogens is 494 g/mol. The summed E-state index contributed by atoms with van der Waals surface area (Å²) in [7, 11) is 4.22. The predicted octanol–water partition coefficient (Wildman–Crippen LogP) is 9.30. The number of unbranched alkanes of at least 4 members (excludes halogenated alkanes) is 10. The first-order valence-corrected chi connectivity index (χ1v) is 16.2. The van der Waals surface area contributed by atoms with Gasteiger partial charge in [-0.2, -0.15) is 0 Å². The van der Waals surface area contributed by atoms with E-state index in [2.05, 4.69) is 65.2 Å². The second-order valence-corrected chi connectivity index (χ2v) is 12.1. The van der Waals surface area contributed by atoms with Gasteiger partial charge in [0, 0.05) is 12.0 Å². The van der Waals surface area contributed by atoms with Crippen LogP contribution < -0.4 is 4.74 Å². The lowest BCUT2D eigenvalue weighted by Crippen LogP contribution is -2.52. The highest BCUT2D eigenvalue weighted by atomic mass is 16.6. The molecule has 4 nitrogen and oxygen atoms in total. The maximum Gasteiger partial charge on any atom is 0.365 e. The number of nitrogens with zero attached hydrogens (tertiary/aromatic N) is 1. The zero-order chi connectivity index (χ0) is 29.1. The topological polar surface area (TPSA) is 35.5 Å². The third-order valence-corrected chi connectivity index (χ3v) is 8.07. The summed E-state index contributed by atoms with van der Waals surface area (Å²) < 4.78 is 12.7. The quantitative estimate of drug-likeness (QED) is 0.0829. The number of hydrogen-bond donors (Lipinski definition) is 0. The van der Waals surface area contributed by atoms with Crippen LogP contribution in [0, 0.1) is 0 Å². The van der Waals surface area contributed by atoms with Gasteiger partial charge in [0.05, 0.1) is 14.1 Å². The lowest BCUT2D eigenvalue weighted by atomic mass is 10.0. The number of quaternary nitrogens is 1. The van der Waals surface area contributed by atoms with Gasteiger partial charge in [-0.05, 0) is 37.0 Å². The normalized spacial score (nSPS) is 13.1. The molecule has 0 heterocycles. The summed E-state index contributed by atoms with van der Waals surface area (Å²) in [5.74, 6) is 0.728. The number of benzene rings is 2. The van der Waals surface area contributed by atoms with E-state index >= 15 is 0 Å². The van der Waals surface area contributed by atoms with Crippen molar-refractivity contribution in [2.45, 2.75) is 129 Å². The Hall–Kier alpha value is -2.33. The standard InChI is InChI=1S/C36H58NO3/c1-6-9-10-11-12-13-14-15-16-17-19-23-31-26-22-27-34(28-31)40-33(7-2)30-39-36(38)35(8-3)37(4,5)29-32-24-20-18-21-25-32/h18,20-22,24-28,33,35H,6-17,19,23,29-30H2,1-5H3/q+1. The van der Waals surface area contributed by atoms with Gasteiger partial charge < -0.3 is 14.0 Å². The third-order valence-electron chi connectivity index (χ3n) is 8.07. The Morgan fingerprint density at radius 2 is 1.32 bits per heavy atom. The monoisotopic (exact) mass is 552 g/mol. The van der Waals surface area contributed by atoms with Gasteiger partial charge in [-0.3, -0.25) is 0 Å². The van der Waals surface area contributed by atoms with Crippen LogP contribution in [0.2, 0.25) is 0 Å². The molecule has 0 aliphatic rings. The molecule has 0 fully saturated rings. The Labute approximate surface area is 246 Å². The molecule has 40 heavy (non-hydrogen) atoms. The fourth-order valence-electron chi connectivity index (χ4n) is 5.58. The Morgan fingerprint density at radius 3 is 1.93 bits per heavy atom. The number of esters is 1. The van der Waals surface area contributed by atoms with Crippen molar-refractivity contribution in [1.82, 2.24) is 0 Å². The van der Waals surface area contributed by atoms with Crippen molar-refractivity contribution in [2.24, 2.45) is 0 Å². The summed E-state index contributed by atoms with van der Waals surface area (Å²) >= 11 is 0. The van der Waals surface area contributed by atoms with Gasteiger partial charge >= 0.3 is 5.97 Å². The zero-order valence-electron chi connectivity index (χ0n) is 26.3. The summed E-state index contributed by atoms with van der Waals surface area (Å²) in [6.45, 7) is 7.49. The molecule has 0 aliphatic heterocycles. The van der Waals surface area contributed by atoms with Gasteiger partial charge in [0.15, 0.2) is 6.04 Å². The first-order chi connectivity index (χ1) is 19.4. The van der Waals surface area contributed by atoms with E-state index in [4.69, 9.17) is 9.47 Å². The van der Waals surface area contributed by atoms with Crippen LogP contribution >= 0.6 is 0 Å². The molecule has 0 N–H and O–H groups in total. The largest absolute Gasteiger partial charge is 0.487 e. The van der Waals surface area contributed by atoms with E-state index in [9.17, 15) is 4.79 Å². The lowest BCUT2D eigenvalue weighted by molar-refractivity contribution is -0.919. The van der Waals surface area contributed by atoms with Crippen molar-refractivity contribution in [1.29, 1.82) is 0 Å². The molecule has 2 atom stereocenters. The summed E-state index contributed by atoms with van der Waals surface area (Å²) in [5, 5.41) is 0. The van der Waals surface area contributed by atoms with Crippen LogP contribution in [0.3, 0.4) is 0 Å². The van der Waals surface area contributed by atoms with Gasteiger partial charge in [-0.1, -0.05) is 127 Å². The maximum absolute atomic E-state index is 13.1. The molecule has 0 amide bonds. The number of rotatable bonds is 22. The molecule has 2 aromatic rings. The van der Waals surface area contributed by atoms with Crippen molar-refractivity contribution in [2.75, 3.05) is 20.7 Å². The molecule has 0 radical (unpaired) electrons. The molecule has 4 heteroatoms. The van der Waals surface area contributed by atoms with E-state index in [0.29, 0.717) is 4.48 Å². The molecule has 0 aromatic heterocycles. The second kappa shape index (κ2) is 19.7. The maximum atomic E-state index is 13.1. The van der Waals surface area contributed by atoms with Crippen LogP contribution in [-0.4, -0.2) is 43.3 Å². The summed E-state index contributed by atoms with van der Waals surface area (Å²) in [5.41, 5.74) is 2.55. The molecule has 0 aliphatic carbocycles. The molecule has 0 saturated heterocycles. The van der Waals surface area contributed by atoms with E-state index in [0.717, 1.165) is 31.6 Å². The highest BCUT2D eigenvalue weighted by molar-refractivity contribution is 5.74. The smallest absolute Gasteiger partial charge is 0.365 e. The van der Waals surface area contributed by atoms with Gasteiger partial charge in [0.2, 0.25) is 0 Å². The summed E-state index contributed by atoms with van der Waals surface area (Å²) in [6.07, 6.45) is 17.5. The number of hydrogen-bond acceptors (Lipinski definition) is 3. The molecule has 2 unspecified atom stereocenters. The second-order valence-electron chi connectivity index (χ2n) is 12.1. The summed E-state index contributed by atoms with van der Waals surface area (Å²) in [4.78, 5) is 13.1. The highest BCUT2D eigenvalue weighted by Gasteiger charge is 2.35. The van der Waals surface area contributed by atoms with E-state index in [1.807, 2.05) is 24.3 Å². The minimum atomic E-state index is -0.216. The Bertz CT molecular complexity index is 927. The van der Waals surface area contributed by atoms with Crippen LogP contribution in [0.5, 0.6) is 5.75 Å². The fraction of sp³-hybridized carbons (Fsp3) is 0.639. The Morgan fingerprint density at radius 1 is 0.725 bits per heavy atom. The van der Waals surface area contributed by atoms with E-state index in [1.165, 1.54) is 81.8 Å². The molecule has 2 rings (SSSR count). The minimum Gasteiger partial charge on any atom is -0.487 e. The van der Waals surface area contributed by atoms with Gasteiger partial charge in [-0.25, -0.2) is 4.79 Å². The van der Waals surface area contributed by atoms with Crippen molar-refractivity contribution >= 4 is 5.97 Å². The van der Waals surface area contributed by atoms with E-state index in [-0.39, 0.29) is 24.7 Å². The van der Waals surface area contributed by atoms with Crippen LogP contribution in [0.1, 0.15) is 115 Å². The highest BCUT2D eigenvalue weighted by Crippen LogP contribution is 2.21. The fourth-order valence-corrected chi connectivity index (χ4v) is 5.58. The number of likely N-dealkylation sites (N-methyl/N-ethyl adjacent to an activating group) is 1. The van der Waals surface area contributed by atoms with Crippen molar-refractivity contribution in [3.63, 3.8) is 0 Å². The average Bonchev–Trinajstić information content (AvgIpc) is 2.94. The van der Waals surface area contributed by atoms with Crippen LogP contribution in [0.25, 0.3) is 0 Å². The van der Waals surface area contributed by atoms with Crippen molar-refractivity contribution in [3.05, 3.63) is 65.7 Å². The number of aryl methyl sites for hydroxylation is 1. The van der Waals surface area contributed by atoms with Crippen LogP contribution in [-0.2, 0) is 22.5 Å². The van der Waals surface area contributed by atoms with Gasteiger partial charge in [-0.15, -0.1) is 0 Å². The zero-order valence-corrected chi connectivity index (χ0v) is 26.3. The van der Waals surface area contributed by atoms with E-state index < -0.39 is 0 Å². The number of carbonyl (C=O) groups excluding carboxylic acids is 1. The number of ether oxygens (including phenoxy) is 2. The van der Waals surface area contributed by atoms with Crippen molar-refractivity contribution in [3.8, 4) is 5.75 Å². The third kappa shape index (κ3) is 13.4. The Balaban J connectivity index is 1.73. The SMILES string of the molecule is CCCCCCCCCCCCCc1cccc(OC(CC)COC(=O)C(CC)[N+](C)(C)Cc2ccccc2)c1. The van der Waals surface area contributed by atoms with Gasteiger partial charge in [0.25, 0.3) is 0 Å². The summed E-state index contributed by atoms with van der Waals surface area (Å²) in [6, 6.07) is 18.6. The van der Waals surface area contributed by atoms with E-state index in [1.54, 1.807) is 0 Å².